The van der Waals surface area contributed by atoms with Crippen LogP contribution >= 0.6 is 0 Å². The van der Waals surface area contributed by atoms with Crippen molar-refractivity contribution in [1.82, 2.24) is 9.88 Å². The SMILES string of the molecule is Cc1oc(-c2ccccc2)nc1C(=O)N1CCCC1C(=O)O. The Labute approximate surface area is 127 Å². The fourth-order valence-corrected chi connectivity index (χ4v) is 2.70. The lowest BCUT2D eigenvalue weighted by Gasteiger charge is -2.20. The van der Waals surface area contributed by atoms with E-state index in [4.69, 9.17) is 4.42 Å². The van der Waals surface area contributed by atoms with E-state index in [1.807, 2.05) is 30.3 Å². The quantitative estimate of drug-likeness (QED) is 0.940. The first-order valence-corrected chi connectivity index (χ1v) is 7.14. The van der Waals surface area contributed by atoms with E-state index in [-0.39, 0.29) is 11.6 Å². The first-order chi connectivity index (χ1) is 10.6. The number of carboxylic acids is 1. The predicted molar refractivity (Wildman–Crippen MR) is 78.4 cm³/mol. The fraction of sp³-hybridized carbons (Fsp3) is 0.312. The summed E-state index contributed by atoms with van der Waals surface area (Å²) in [6.07, 6.45) is 1.16. The molecule has 114 valence electrons. The van der Waals surface area contributed by atoms with Crippen molar-refractivity contribution in [2.75, 3.05) is 6.54 Å². The van der Waals surface area contributed by atoms with Crippen molar-refractivity contribution in [3.05, 3.63) is 41.8 Å². The molecule has 1 unspecified atom stereocenters. The monoisotopic (exact) mass is 300 g/mol. The lowest BCUT2D eigenvalue weighted by Crippen LogP contribution is -2.40. The molecule has 22 heavy (non-hydrogen) atoms. The van der Waals surface area contributed by atoms with Crippen molar-refractivity contribution in [2.24, 2.45) is 0 Å². The van der Waals surface area contributed by atoms with Gasteiger partial charge in [0.25, 0.3) is 5.91 Å². The summed E-state index contributed by atoms with van der Waals surface area (Å²) in [4.78, 5) is 29.4. The van der Waals surface area contributed by atoms with E-state index in [1.54, 1.807) is 6.92 Å². The summed E-state index contributed by atoms with van der Waals surface area (Å²) < 4.78 is 5.57. The molecule has 1 aromatic carbocycles. The van der Waals surface area contributed by atoms with Gasteiger partial charge >= 0.3 is 5.97 Å². The summed E-state index contributed by atoms with van der Waals surface area (Å²) in [5.74, 6) is -0.587. The van der Waals surface area contributed by atoms with Crippen LogP contribution in [0, 0.1) is 6.92 Å². The summed E-state index contributed by atoms with van der Waals surface area (Å²) in [6.45, 7) is 2.10. The van der Waals surface area contributed by atoms with Crippen molar-refractivity contribution in [3.8, 4) is 11.5 Å². The van der Waals surface area contributed by atoms with Crippen LogP contribution in [-0.4, -0.2) is 39.5 Å². The Morgan fingerprint density at radius 1 is 1.32 bits per heavy atom. The van der Waals surface area contributed by atoms with Gasteiger partial charge in [-0.2, -0.15) is 0 Å². The molecular formula is C16H16N2O4. The molecular weight excluding hydrogens is 284 g/mol. The highest BCUT2D eigenvalue weighted by molar-refractivity contribution is 5.96. The number of oxazole rings is 1. The number of likely N-dealkylation sites (tertiary alicyclic amines) is 1. The molecule has 6 nitrogen and oxygen atoms in total. The predicted octanol–water partition coefficient (Wildman–Crippen LogP) is 2.34. The Morgan fingerprint density at radius 3 is 2.73 bits per heavy atom. The molecule has 0 aliphatic carbocycles. The maximum atomic E-state index is 12.6. The van der Waals surface area contributed by atoms with Gasteiger partial charge in [0.05, 0.1) is 0 Å². The molecule has 1 amide bonds. The zero-order chi connectivity index (χ0) is 15.7. The molecule has 1 N–H and O–H groups in total. The van der Waals surface area contributed by atoms with E-state index in [1.165, 1.54) is 4.90 Å². The van der Waals surface area contributed by atoms with Gasteiger partial charge in [0.2, 0.25) is 5.89 Å². The van der Waals surface area contributed by atoms with Crippen LogP contribution < -0.4 is 0 Å². The molecule has 1 saturated heterocycles. The van der Waals surface area contributed by atoms with Gasteiger partial charge in [0, 0.05) is 12.1 Å². The standard InChI is InChI=1S/C16H16N2O4/c1-10-13(15(19)18-9-5-8-12(18)16(20)21)17-14(22-10)11-6-3-2-4-7-11/h2-4,6-7,12H,5,8-9H2,1H3,(H,20,21). The molecule has 2 heterocycles. The van der Waals surface area contributed by atoms with Crippen LogP contribution in [0.15, 0.2) is 34.7 Å². The summed E-state index contributed by atoms with van der Waals surface area (Å²) in [5.41, 5.74) is 0.966. The second-order valence-electron chi connectivity index (χ2n) is 5.28. The molecule has 0 saturated carbocycles. The highest BCUT2D eigenvalue weighted by Gasteiger charge is 2.36. The van der Waals surface area contributed by atoms with Gasteiger partial charge in [0.15, 0.2) is 5.69 Å². The van der Waals surface area contributed by atoms with Crippen LogP contribution in [0.3, 0.4) is 0 Å². The molecule has 0 bridgehead atoms. The number of aliphatic carboxylic acids is 1. The van der Waals surface area contributed by atoms with Crippen molar-refractivity contribution in [2.45, 2.75) is 25.8 Å². The number of carbonyl (C=O) groups is 2. The van der Waals surface area contributed by atoms with Gasteiger partial charge in [-0.1, -0.05) is 18.2 Å². The Kier molecular flexibility index (Phi) is 3.66. The number of carboxylic acid groups (broad SMARTS) is 1. The molecule has 6 heteroatoms. The molecule has 3 rings (SSSR count). The first kappa shape index (κ1) is 14.3. The molecule has 2 aromatic rings. The number of nitrogens with zero attached hydrogens (tertiary/aromatic N) is 2. The number of aryl methyl sites for hydroxylation is 1. The van der Waals surface area contributed by atoms with Crippen LogP contribution in [0.25, 0.3) is 11.5 Å². The lowest BCUT2D eigenvalue weighted by molar-refractivity contribution is -0.141. The van der Waals surface area contributed by atoms with E-state index in [9.17, 15) is 14.7 Å². The van der Waals surface area contributed by atoms with Gasteiger partial charge in [-0.05, 0) is 31.9 Å². The zero-order valence-electron chi connectivity index (χ0n) is 12.2. The maximum Gasteiger partial charge on any atom is 0.326 e. The smallest absolute Gasteiger partial charge is 0.326 e. The molecule has 1 aliphatic heterocycles. The van der Waals surface area contributed by atoms with Crippen molar-refractivity contribution in [3.63, 3.8) is 0 Å². The Hall–Kier alpha value is -2.63. The molecule has 0 spiro atoms. The minimum absolute atomic E-state index is 0.187. The number of hydrogen-bond donors (Lipinski definition) is 1. The number of hydrogen-bond acceptors (Lipinski definition) is 4. The van der Waals surface area contributed by atoms with E-state index in [2.05, 4.69) is 4.98 Å². The van der Waals surface area contributed by atoms with Crippen LogP contribution in [0.5, 0.6) is 0 Å². The number of aromatic nitrogens is 1. The van der Waals surface area contributed by atoms with Crippen LogP contribution in [0.1, 0.15) is 29.1 Å². The van der Waals surface area contributed by atoms with E-state index in [0.717, 1.165) is 5.56 Å². The summed E-state index contributed by atoms with van der Waals surface area (Å²) in [7, 11) is 0. The molecule has 0 radical (unpaired) electrons. The van der Waals surface area contributed by atoms with E-state index < -0.39 is 12.0 Å². The second-order valence-corrected chi connectivity index (χ2v) is 5.28. The Bertz CT molecular complexity index is 708. The third-order valence-corrected chi connectivity index (χ3v) is 3.82. The minimum atomic E-state index is -0.977. The molecule has 1 aliphatic rings. The van der Waals surface area contributed by atoms with Crippen molar-refractivity contribution in [1.29, 1.82) is 0 Å². The average molecular weight is 300 g/mol. The molecule has 1 fully saturated rings. The third-order valence-electron chi connectivity index (χ3n) is 3.82. The second kappa shape index (κ2) is 5.63. The normalized spacial score (nSPS) is 17.7. The largest absolute Gasteiger partial charge is 0.480 e. The van der Waals surface area contributed by atoms with Gasteiger partial charge in [-0.25, -0.2) is 9.78 Å². The summed E-state index contributed by atoms with van der Waals surface area (Å²) >= 11 is 0. The van der Waals surface area contributed by atoms with E-state index in [0.29, 0.717) is 31.0 Å². The van der Waals surface area contributed by atoms with Crippen LogP contribution in [0.2, 0.25) is 0 Å². The lowest BCUT2D eigenvalue weighted by atomic mass is 10.2. The van der Waals surface area contributed by atoms with Crippen LogP contribution in [0.4, 0.5) is 0 Å². The highest BCUT2D eigenvalue weighted by atomic mass is 16.4. The van der Waals surface area contributed by atoms with Crippen molar-refractivity contribution >= 4 is 11.9 Å². The Morgan fingerprint density at radius 2 is 2.05 bits per heavy atom. The summed E-state index contributed by atoms with van der Waals surface area (Å²) in [6, 6.07) is 8.51. The van der Waals surface area contributed by atoms with Gasteiger partial charge in [-0.15, -0.1) is 0 Å². The third kappa shape index (κ3) is 2.47. The van der Waals surface area contributed by atoms with Gasteiger partial charge in [-0.3, -0.25) is 4.79 Å². The number of amides is 1. The number of benzene rings is 1. The number of carbonyl (C=O) groups excluding carboxylic acids is 1. The average Bonchev–Trinajstić information content (AvgIpc) is 3.14. The first-order valence-electron chi connectivity index (χ1n) is 7.14. The number of rotatable bonds is 3. The maximum absolute atomic E-state index is 12.6. The van der Waals surface area contributed by atoms with E-state index >= 15 is 0 Å². The highest BCUT2D eigenvalue weighted by Crippen LogP contribution is 2.25. The summed E-state index contributed by atoms with van der Waals surface area (Å²) in [5, 5.41) is 9.19. The topological polar surface area (TPSA) is 83.6 Å². The Balaban J connectivity index is 1.91. The van der Waals surface area contributed by atoms with Crippen molar-refractivity contribution < 1.29 is 19.1 Å². The molecule has 1 atom stereocenters. The van der Waals surface area contributed by atoms with Gasteiger partial charge < -0.3 is 14.4 Å². The van der Waals surface area contributed by atoms with Crippen LogP contribution in [-0.2, 0) is 4.79 Å². The minimum Gasteiger partial charge on any atom is -0.480 e. The zero-order valence-corrected chi connectivity index (χ0v) is 12.2. The van der Waals surface area contributed by atoms with Gasteiger partial charge in [0.1, 0.15) is 11.8 Å². The molecule has 1 aromatic heterocycles. The fourth-order valence-electron chi connectivity index (χ4n) is 2.70.